The van der Waals surface area contributed by atoms with Crippen molar-refractivity contribution in [1.82, 2.24) is 15.5 Å². The van der Waals surface area contributed by atoms with Gasteiger partial charge in [0.1, 0.15) is 17.9 Å². The van der Waals surface area contributed by atoms with E-state index in [-0.39, 0.29) is 24.4 Å². The summed E-state index contributed by atoms with van der Waals surface area (Å²) in [4.78, 5) is 38.5. The van der Waals surface area contributed by atoms with Gasteiger partial charge >= 0.3 is 6.03 Å². The zero-order valence-electron chi connectivity index (χ0n) is 15.3. The Morgan fingerprint density at radius 1 is 1.30 bits per heavy atom. The van der Waals surface area contributed by atoms with Crippen LogP contribution in [0, 0.1) is 11.7 Å². The van der Waals surface area contributed by atoms with Crippen molar-refractivity contribution in [2.75, 3.05) is 13.1 Å². The lowest BCUT2D eigenvalue weighted by molar-refractivity contribution is -0.135. The first kappa shape index (κ1) is 19.3. The summed E-state index contributed by atoms with van der Waals surface area (Å²) in [5.74, 6) is -1.13. The highest BCUT2D eigenvalue weighted by atomic mass is 19.1. The van der Waals surface area contributed by atoms with Crippen molar-refractivity contribution < 1.29 is 18.8 Å². The van der Waals surface area contributed by atoms with Gasteiger partial charge in [0.05, 0.1) is 0 Å². The first-order chi connectivity index (χ1) is 12.8. The number of rotatable bonds is 5. The number of benzene rings is 1. The number of nitrogens with one attached hydrogen (secondary N) is 2. The molecule has 3 rings (SSSR count). The lowest BCUT2D eigenvalue weighted by Crippen LogP contribution is -2.49. The van der Waals surface area contributed by atoms with Crippen molar-refractivity contribution in [3.05, 3.63) is 35.6 Å². The molecule has 1 saturated carbocycles. The van der Waals surface area contributed by atoms with E-state index in [9.17, 15) is 18.8 Å². The standard InChI is InChI=1S/C19H25FN4O3/c1-19(13-6-8-14(20)9-7-13)17(26)24(18(27)23-19)11-16(25)22-15-5-3-2-4-12(15)10-21/h6-9,12,15H,2-5,10-11,21H2,1H3,(H,22,25)(H,23,27). The first-order valence-electron chi connectivity index (χ1n) is 9.24. The largest absolute Gasteiger partial charge is 0.351 e. The van der Waals surface area contributed by atoms with Crippen molar-refractivity contribution >= 4 is 17.8 Å². The zero-order chi connectivity index (χ0) is 19.6. The maximum absolute atomic E-state index is 13.2. The molecule has 0 bridgehead atoms. The summed E-state index contributed by atoms with van der Waals surface area (Å²) in [5, 5.41) is 5.53. The molecule has 3 unspecified atom stereocenters. The smallest absolute Gasteiger partial charge is 0.325 e. The van der Waals surface area contributed by atoms with Crippen LogP contribution in [0.3, 0.4) is 0 Å². The SMILES string of the molecule is CC1(c2ccc(F)cc2)NC(=O)N(CC(=O)NC2CCCCC2CN)C1=O. The second-order valence-electron chi connectivity index (χ2n) is 7.41. The second-order valence-corrected chi connectivity index (χ2v) is 7.41. The van der Waals surface area contributed by atoms with Gasteiger partial charge in [0, 0.05) is 6.04 Å². The van der Waals surface area contributed by atoms with E-state index in [1.54, 1.807) is 6.92 Å². The van der Waals surface area contributed by atoms with Crippen molar-refractivity contribution in [2.24, 2.45) is 11.7 Å². The third-order valence-electron chi connectivity index (χ3n) is 5.56. The van der Waals surface area contributed by atoms with Gasteiger partial charge in [0.15, 0.2) is 0 Å². The van der Waals surface area contributed by atoms with Crippen LogP contribution < -0.4 is 16.4 Å². The van der Waals surface area contributed by atoms with Gasteiger partial charge < -0.3 is 16.4 Å². The van der Waals surface area contributed by atoms with Crippen LogP contribution in [-0.4, -0.2) is 41.9 Å². The van der Waals surface area contributed by atoms with E-state index in [2.05, 4.69) is 10.6 Å². The molecule has 1 aromatic carbocycles. The van der Waals surface area contributed by atoms with Gasteiger partial charge in [-0.15, -0.1) is 0 Å². The molecule has 4 N–H and O–H groups in total. The molecule has 1 aromatic rings. The van der Waals surface area contributed by atoms with Gasteiger partial charge in [-0.3, -0.25) is 14.5 Å². The molecular formula is C19H25FN4O3. The molecule has 0 aromatic heterocycles. The predicted octanol–water partition coefficient (Wildman–Crippen LogP) is 1.23. The van der Waals surface area contributed by atoms with Gasteiger partial charge in [0.25, 0.3) is 5.91 Å². The minimum absolute atomic E-state index is 0.0273. The van der Waals surface area contributed by atoms with E-state index in [4.69, 9.17) is 5.73 Å². The number of urea groups is 1. The van der Waals surface area contributed by atoms with Crippen molar-refractivity contribution in [2.45, 2.75) is 44.2 Å². The number of halogens is 1. The third kappa shape index (κ3) is 3.80. The molecule has 1 aliphatic carbocycles. The highest BCUT2D eigenvalue weighted by Gasteiger charge is 2.49. The molecular weight excluding hydrogens is 351 g/mol. The number of amides is 4. The number of nitrogens with two attached hydrogens (primary N) is 1. The number of hydrogen-bond donors (Lipinski definition) is 3. The summed E-state index contributed by atoms with van der Waals surface area (Å²) in [5.41, 5.74) is 4.92. The van der Waals surface area contributed by atoms with Gasteiger partial charge in [-0.1, -0.05) is 25.0 Å². The Labute approximate surface area is 157 Å². The quantitative estimate of drug-likeness (QED) is 0.672. The maximum atomic E-state index is 13.2. The average molecular weight is 376 g/mol. The molecule has 1 saturated heterocycles. The number of hydrogen-bond acceptors (Lipinski definition) is 4. The normalized spacial score (nSPS) is 28.2. The van der Waals surface area contributed by atoms with Crippen molar-refractivity contribution in [3.63, 3.8) is 0 Å². The van der Waals surface area contributed by atoms with Gasteiger partial charge in [-0.2, -0.15) is 0 Å². The lowest BCUT2D eigenvalue weighted by atomic mass is 9.84. The second kappa shape index (κ2) is 7.64. The molecule has 1 heterocycles. The van der Waals surface area contributed by atoms with Crippen molar-refractivity contribution in [3.8, 4) is 0 Å². The molecule has 3 atom stereocenters. The van der Waals surface area contributed by atoms with Crippen LogP contribution in [0.5, 0.6) is 0 Å². The summed E-state index contributed by atoms with van der Waals surface area (Å²) >= 11 is 0. The van der Waals surface area contributed by atoms with E-state index < -0.39 is 23.3 Å². The van der Waals surface area contributed by atoms with E-state index in [0.717, 1.165) is 30.6 Å². The zero-order valence-corrected chi connectivity index (χ0v) is 15.3. The summed E-state index contributed by atoms with van der Waals surface area (Å²) < 4.78 is 13.2. The van der Waals surface area contributed by atoms with Crippen LogP contribution in [0.1, 0.15) is 38.2 Å². The van der Waals surface area contributed by atoms with E-state index in [0.29, 0.717) is 12.1 Å². The molecule has 4 amide bonds. The monoisotopic (exact) mass is 376 g/mol. The molecule has 146 valence electrons. The van der Waals surface area contributed by atoms with Crippen LogP contribution in [0.15, 0.2) is 24.3 Å². The summed E-state index contributed by atoms with van der Waals surface area (Å²) in [6.07, 6.45) is 3.93. The Morgan fingerprint density at radius 2 is 1.96 bits per heavy atom. The molecule has 2 fully saturated rings. The lowest BCUT2D eigenvalue weighted by Gasteiger charge is -2.31. The van der Waals surface area contributed by atoms with Crippen LogP contribution in [0.2, 0.25) is 0 Å². The predicted molar refractivity (Wildman–Crippen MR) is 96.9 cm³/mol. The molecule has 7 nitrogen and oxygen atoms in total. The maximum Gasteiger partial charge on any atom is 0.325 e. The minimum atomic E-state index is -1.32. The Balaban J connectivity index is 1.68. The Hall–Kier alpha value is -2.48. The van der Waals surface area contributed by atoms with Crippen LogP contribution >= 0.6 is 0 Å². The summed E-state index contributed by atoms with van der Waals surface area (Å²) in [6, 6.07) is 4.69. The number of imide groups is 1. The van der Waals surface area contributed by atoms with Gasteiger partial charge in [-0.25, -0.2) is 9.18 Å². The van der Waals surface area contributed by atoms with E-state index >= 15 is 0 Å². The van der Waals surface area contributed by atoms with Gasteiger partial charge in [-0.05, 0) is 49.9 Å². The third-order valence-corrected chi connectivity index (χ3v) is 5.56. The van der Waals surface area contributed by atoms with Gasteiger partial charge in [0.2, 0.25) is 5.91 Å². The fraction of sp³-hybridized carbons (Fsp3) is 0.526. The van der Waals surface area contributed by atoms with Crippen LogP contribution in [0.4, 0.5) is 9.18 Å². The molecule has 0 spiro atoms. The van der Waals surface area contributed by atoms with E-state index in [1.807, 2.05) is 0 Å². The molecule has 27 heavy (non-hydrogen) atoms. The average Bonchev–Trinajstić information content (AvgIpc) is 2.86. The fourth-order valence-electron chi connectivity index (χ4n) is 3.90. The number of carbonyl (C=O) groups is 3. The molecule has 0 radical (unpaired) electrons. The van der Waals surface area contributed by atoms with Crippen LogP contribution in [0.25, 0.3) is 0 Å². The number of nitrogens with zero attached hydrogens (tertiary/aromatic N) is 1. The fourth-order valence-corrected chi connectivity index (χ4v) is 3.90. The highest BCUT2D eigenvalue weighted by molar-refractivity contribution is 6.09. The summed E-state index contributed by atoms with van der Waals surface area (Å²) in [6.45, 7) is 1.69. The first-order valence-corrected chi connectivity index (χ1v) is 9.24. The minimum Gasteiger partial charge on any atom is -0.351 e. The summed E-state index contributed by atoms with van der Waals surface area (Å²) in [7, 11) is 0. The van der Waals surface area contributed by atoms with Crippen molar-refractivity contribution in [1.29, 1.82) is 0 Å². The Bertz CT molecular complexity index is 739. The Kier molecular flexibility index (Phi) is 5.46. The van der Waals surface area contributed by atoms with Crippen LogP contribution in [-0.2, 0) is 15.1 Å². The molecule has 1 aliphatic heterocycles. The Morgan fingerprint density at radius 3 is 2.63 bits per heavy atom. The van der Waals surface area contributed by atoms with E-state index in [1.165, 1.54) is 24.3 Å². The number of carbonyl (C=O) groups excluding carboxylic acids is 3. The molecule has 8 heteroatoms. The highest BCUT2D eigenvalue weighted by Crippen LogP contribution is 2.29. The topological polar surface area (TPSA) is 105 Å². The molecule has 2 aliphatic rings.